The molecular weight excluding hydrogens is 324 g/mol. The third-order valence-corrected chi connectivity index (χ3v) is 3.90. The molecular formula is C18H15ClN4O. The van der Waals surface area contributed by atoms with E-state index in [1.807, 2.05) is 37.3 Å². The van der Waals surface area contributed by atoms with Gasteiger partial charge in [-0.3, -0.25) is 10.2 Å². The van der Waals surface area contributed by atoms with Crippen LogP contribution in [0.1, 0.15) is 12.5 Å². The van der Waals surface area contributed by atoms with Gasteiger partial charge in [0, 0.05) is 0 Å². The van der Waals surface area contributed by atoms with Gasteiger partial charge >= 0.3 is 0 Å². The lowest BCUT2D eigenvalue weighted by Gasteiger charge is -2.07. The topological polar surface area (TPSA) is 70.1 Å². The fourth-order valence-electron chi connectivity index (χ4n) is 2.22. The predicted octanol–water partition coefficient (Wildman–Crippen LogP) is 3.93. The van der Waals surface area contributed by atoms with Gasteiger partial charge in [0.2, 0.25) is 0 Å². The summed E-state index contributed by atoms with van der Waals surface area (Å²) in [5, 5.41) is 10.3. The highest BCUT2D eigenvalue weighted by Gasteiger charge is 2.05. The molecule has 0 amide bonds. The van der Waals surface area contributed by atoms with Gasteiger partial charge in [-0.15, -0.1) is 0 Å². The lowest BCUT2D eigenvalue weighted by molar-refractivity contribution is 0.986. The van der Waals surface area contributed by atoms with E-state index in [1.54, 1.807) is 0 Å². The largest absolute Gasteiger partial charge is 0.285 e. The lowest BCUT2D eigenvalue weighted by Crippen LogP contribution is -2.10. The van der Waals surface area contributed by atoms with Crippen LogP contribution in [0.3, 0.4) is 0 Å². The molecule has 0 radical (unpaired) electrons. The first-order valence-electron chi connectivity index (χ1n) is 7.34. The van der Waals surface area contributed by atoms with E-state index < -0.39 is 5.56 Å². The van der Waals surface area contributed by atoms with E-state index >= 15 is 0 Å². The Morgan fingerprint density at radius 2 is 1.88 bits per heavy atom. The Kier molecular flexibility index (Phi) is 4.72. The minimum atomic E-state index is -0.458. The van der Waals surface area contributed by atoms with Crippen molar-refractivity contribution >= 4 is 23.0 Å². The van der Waals surface area contributed by atoms with Crippen LogP contribution >= 0.6 is 11.6 Å². The van der Waals surface area contributed by atoms with Crippen molar-refractivity contribution in [2.75, 3.05) is 5.43 Å². The number of aromatic nitrogens is 2. The van der Waals surface area contributed by atoms with Crippen LogP contribution < -0.4 is 11.0 Å². The predicted molar refractivity (Wildman–Crippen MR) is 97.6 cm³/mol. The fraction of sp³-hybridized carbons (Fsp3) is 0.0556. The van der Waals surface area contributed by atoms with Crippen LogP contribution in [0.5, 0.6) is 0 Å². The summed E-state index contributed by atoms with van der Waals surface area (Å²) in [5.74, 6) is 0. The maximum absolute atomic E-state index is 11.4. The quantitative estimate of drug-likeness (QED) is 0.559. The number of nitrogens with zero attached hydrogens (tertiary/aromatic N) is 2. The number of hydrazone groups is 1. The van der Waals surface area contributed by atoms with Crippen molar-refractivity contribution in [3.8, 4) is 11.1 Å². The summed E-state index contributed by atoms with van der Waals surface area (Å²) >= 11 is 5.91. The van der Waals surface area contributed by atoms with Crippen LogP contribution in [-0.4, -0.2) is 15.9 Å². The van der Waals surface area contributed by atoms with Crippen molar-refractivity contribution in [3.63, 3.8) is 0 Å². The van der Waals surface area contributed by atoms with E-state index in [0.717, 1.165) is 22.4 Å². The van der Waals surface area contributed by atoms with E-state index in [2.05, 4.69) is 45.0 Å². The Morgan fingerprint density at radius 3 is 2.67 bits per heavy atom. The standard InChI is InChI=1S/C18H15ClN4O/c1-12(21-22-16-11-20-23-18(24)17(16)19)14-8-5-9-15(10-14)13-6-3-2-4-7-13/h2-11H,1H3,(H2,22,23,24). The molecule has 24 heavy (non-hydrogen) atoms. The second-order valence-corrected chi connectivity index (χ2v) is 5.56. The molecule has 3 rings (SSSR count). The number of H-pyrrole nitrogens is 1. The number of anilines is 1. The number of rotatable bonds is 4. The van der Waals surface area contributed by atoms with Crippen LogP contribution in [0, 0.1) is 0 Å². The van der Waals surface area contributed by atoms with Gasteiger partial charge in [0.05, 0.1) is 11.9 Å². The zero-order chi connectivity index (χ0) is 16.9. The highest BCUT2D eigenvalue weighted by atomic mass is 35.5. The molecule has 3 aromatic rings. The highest BCUT2D eigenvalue weighted by Crippen LogP contribution is 2.20. The van der Waals surface area contributed by atoms with Crippen molar-refractivity contribution in [2.45, 2.75) is 6.92 Å². The number of benzene rings is 2. The number of aromatic amines is 1. The third kappa shape index (κ3) is 3.52. The molecule has 6 heteroatoms. The highest BCUT2D eigenvalue weighted by molar-refractivity contribution is 6.32. The van der Waals surface area contributed by atoms with E-state index in [1.165, 1.54) is 6.20 Å². The molecule has 0 aliphatic heterocycles. The summed E-state index contributed by atoms with van der Waals surface area (Å²) in [4.78, 5) is 11.4. The minimum Gasteiger partial charge on any atom is -0.275 e. The van der Waals surface area contributed by atoms with Crippen LogP contribution in [0.25, 0.3) is 11.1 Å². The van der Waals surface area contributed by atoms with Gasteiger partial charge in [0.1, 0.15) is 10.7 Å². The molecule has 120 valence electrons. The van der Waals surface area contributed by atoms with Crippen molar-refractivity contribution < 1.29 is 0 Å². The molecule has 0 bridgehead atoms. The molecule has 0 saturated heterocycles. The normalized spacial score (nSPS) is 11.3. The van der Waals surface area contributed by atoms with Crippen LogP contribution in [0.4, 0.5) is 5.69 Å². The molecule has 2 N–H and O–H groups in total. The molecule has 1 heterocycles. The molecule has 0 aliphatic rings. The molecule has 0 fully saturated rings. The lowest BCUT2D eigenvalue weighted by atomic mass is 10.0. The molecule has 0 aliphatic carbocycles. The Bertz CT molecular complexity index is 935. The van der Waals surface area contributed by atoms with Crippen LogP contribution in [-0.2, 0) is 0 Å². The van der Waals surface area contributed by atoms with Gasteiger partial charge in [0.25, 0.3) is 5.56 Å². The smallest absolute Gasteiger partial charge is 0.275 e. The summed E-state index contributed by atoms with van der Waals surface area (Å²) in [6.07, 6.45) is 1.42. The second-order valence-electron chi connectivity index (χ2n) is 5.18. The third-order valence-electron chi connectivity index (χ3n) is 3.53. The number of hydrogen-bond acceptors (Lipinski definition) is 4. The first-order chi connectivity index (χ1) is 11.6. The van der Waals surface area contributed by atoms with Gasteiger partial charge in [0.15, 0.2) is 0 Å². The van der Waals surface area contributed by atoms with E-state index in [4.69, 9.17) is 11.6 Å². The monoisotopic (exact) mass is 338 g/mol. The first-order valence-corrected chi connectivity index (χ1v) is 7.72. The molecule has 0 spiro atoms. The summed E-state index contributed by atoms with van der Waals surface area (Å²) < 4.78 is 0. The molecule has 0 saturated carbocycles. The zero-order valence-corrected chi connectivity index (χ0v) is 13.7. The van der Waals surface area contributed by atoms with Gasteiger partial charge in [-0.1, -0.05) is 60.1 Å². The zero-order valence-electron chi connectivity index (χ0n) is 13.0. The van der Waals surface area contributed by atoms with E-state index in [-0.39, 0.29) is 5.02 Å². The second kappa shape index (κ2) is 7.10. The first kappa shape index (κ1) is 16.0. The van der Waals surface area contributed by atoms with E-state index in [9.17, 15) is 4.79 Å². The maximum atomic E-state index is 11.4. The van der Waals surface area contributed by atoms with Gasteiger partial charge in [-0.05, 0) is 29.7 Å². The number of nitrogens with one attached hydrogen (secondary N) is 2. The number of halogens is 1. The van der Waals surface area contributed by atoms with E-state index in [0.29, 0.717) is 5.69 Å². The van der Waals surface area contributed by atoms with Crippen molar-refractivity contribution in [1.82, 2.24) is 10.2 Å². The summed E-state index contributed by atoms with van der Waals surface area (Å²) in [5.41, 5.74) is 6.68. The molecule has 1 aromatic heterocycles. The van der Waals surface area contributed by atoms with Gasteiger partial charge < -0.3 is 0 Å². The molecule has 0 unspecified atom stereocenters. The number of hydrogen-bond donors (Lipinski definition) is 2. The SMILES string of the molecule is CC(=NNc1cn[nH]c(=O)c1Cl)c1cccc(-c2ccccc2)c1. The molecule has 0 atom stereocenters. The van der Waals surface area contributed by atoms with Crippen molar-refractivity contribution in [1.29, 1.82) is 0 Å². The van der Waals surface area contributed by atoms with Crippen LogP contribution in [0.15, 0.2) is 70.7 Å². The van der Waals surface area contributed by atoms with Gasteiger partial charge in [-0.2, -0.15) is 10.2 Å². The Hall–Kier alpha value is -2.92. The average molecular weight is 339 g/mol. The van der Waals surface area contributed by atoms with Crippen molar-refractivity contribution in [3.05, 3.63) is 81.7 Å². The fourth-order valence-corrected chi connectivity index (χ4v) is 2.36. The summed E-state index contributed by atoms with van der Waals surface area (Å²) in [6, 6.07) is 18.2. The van der Waals surface area contributed by atoms with Gasteiger partial charge in [-0.25, -0.2) is 5.10 Å². The van der Waals surface area contributed by atoms with Crippen LogP contribution in [0.2, 0.25) is 5.02 Å². The minimum absolute atomic E-state index is 0.0274. The maximum Gasteiger partial charge on any atom is 0.285 e. The summed E-state index contributed by atoms with van der Waals surface area (Å²) in [7, 11) is 0. The molecule has 5 nitrogen and oxygen atoms in total. The average Bonchev–Trinajstić information content (AvgIpc) is 2.63. The Labute approximate surface area is 144 Å². The van der Waals surface area contributed by atoms with Crippen molar-refractivity contribution in [2.24, 2.45) is 5.10 Å². The Balaban J connectivity index is 1.86. The Morgan fingerprint density at radius 1 is 1.12 bits per heavy atom. The summed E-state index contributed by atoms with van der Waals surface area (Å²) in [6.45, 7) is 1.88. The molecule has 2 aromatic carbocycles.